The standard InChI is InChI=1S/C10H9ClN2OS/c1-7-5-12-10(11)13-9(7)14-6-8-3-2-4-15-8/h2-5H,6H2,1H3. The van der Waals surface area contributed by atoms with Crippen LogP contribution in [0.15, 0.2) is 23.7 Å². The fourth-order valence-corrected chi connectivity index (χ4v) is 1.83. The molecule has 5 heteroatoms. The van der Waals surface area contributed by atoms with Gasteiger partial charge in [0.25, 0.3) is 0 Å². The number of ether oxygens (including phenoxy) is 1. The highest BCUT2D eigenvalue weighted by Gasteiger charge is 2.04. The summed E-state index contributed by atoms with van der Waals surface area (Å²) in [5.74, 6) is 0.545. The first-order valence-corrected chi connectivity index (χ1v) is 5.66. The highest BCUT2D eigenvalue weighted by Crippen LogP contribution is 2.18. The van der Waals surface area contributed by atoms with E-state index >= 15 is 0 Å². The molecule has 0 atom stereocenters. The first-order chi connectivity index (χ1) is 7.25. The van der Waals surface area contributed by atoms with E-state index in [9.17, 15) is 0 Å². The molecule has 0 unspecified atom stereocenters. The molecule has 0 aliphatic carbocycles. The third-order valence-electron chi connectivity index (χ3n) is 1.83. The molecule has 0 fully saturated rings. The van der Waals surface area contributed by atoms with E-state index in [4.69, 9.17) is 16.3 Å². The zero-order valence-electron chi connectivity index (χ0n) is 8.11. The Morgan fingerprint density at radius 1 is 1.53 bits per heavy atom. The monoisotopic (exact) mass is 240 g/mol. The van der Waals surface area contributed by atoms with Crippen molar-refractivity contribution in [2.45, 2.75) is 13.5 Å². The number of hydrogen-bond acceptors (Lipinski definition) is 4. The van der Waals surface area contributed by atoms with Gasteiger partial charge in [-0.05, 0) is 30.0 Å². The van der Waals surface area contributed by atoms with E-state index in [1.165, 1.54) is 0 Å². The number of nitrogens with zero attached hydrogens (tertiary/aromatic N) is 2. The summed E-state index contributed by atoms with van der Waals surface area (Å²) in [6, 6.07) is 4.01. The van der Waals surface area contributed by atoms with Crippen molar-refractivity contribution >= 4 is 22.9 Å². The smallest absolute Gasteiger partial charge is 0.225 e. The topological polar surface area (TPSA) is 35.0 Å². The van der Waals surface area contributed by atoms with Crippen LogP contribution in [0.25, 0.3) is 0 Å². The Kier molecular flexibility index (Phi) is 3.18. The number of aromatic nitrogens is 2. The van der Waals surface area contributed by atoms with Gasteiger partial charge in [0.2, 0.25) is 11.2 Å². The summed E-state index contributed by atoms with van der Waals surface area (Å²) in [6.45, 7) is 2.41. The molecular formula is C10H9ClN2OS. The van der Waals surface area contributed by atoms with Crippen LogP contribution in [0.3, 0.4) is 0 Å². The summed E-state index contributed by atoms with van der Waals surface area (Å²) in [4.78, 5) is 9.03. The fourth-order valence-electron chi connectivity index (χ4n) is 1.09. The van der Waals surface area contributed by atoms with Crippen LogP contribution in [0.4, 0.5) is 0 Å². The lowest BCUT2D eigenvalue weighted by molar-refractivity contribution is 0.294. The Balaban J connectivity index is 2.07. The van der Waals surface area contributed by atoms with E-state index in [0.29, 0.717) is 12.5 Å². The average Bonchev–Trinajstić information content (AvgIpc) is 2.72. The maximum absolute atomic E-state index is 5.68. The van der Waals surface area contributed by atoms with Gasteiger partial charge in [0, 0.05) is 16.6 Å². The van der Waals surface area contributed by atoms with Crippen molar-refractivity contribution in [3.05, 3.63) is 39.4 Å². The molecule has 2 heterocycles. The maximum atomic E-state index is 5.68. The minimum absolute atomic E-state index is 0.210. The van der Waals surface area contributed by atoms with Gasteiger partial charge in [-0.3, -0.25) is 0 Å². The average molecular weight is 241 g/mol. The molecule has 0 N–H and O–H groups in total. The van der Waals surface area contributed by atoms with Crippen LogP contribution in [-0.4, -0.2) is 9.97 Å². The van der Waals surface area contributed by atoms with Crippen LogP contribution < -0.4 is 4.74 Å². The maximum Gasteiger partial charge on any atom is 0.225 e. The van der Waals surface area contributed by atoms with Crippen LogP contribution in [0.1, 0.15) is 10.4 Å². The van der Waals surface area contributed by atoms with Gasteiger partial charge >= 0.3 is 0 Å². The highest BCUT2D eigenvalue weighted by molar-refractivity contribution is 7.09. The largest absolute Gasteiger partial charge is 0.472 e. The molecule has 0 radical (unpaired) electrons. The predicted octanol–water partition coefficient (Wildman–Crippen LogP) is 3.08. The normalized spacial score (nSPS) is 10.3. The van der Waals surface area contributed by atoms with E-state index in [2.05, 4.69) is 9.97 Å². The van der Waals surface area contributed by atoms with E-state index in [1.54, 1.807) is 17.5 Å². The molecule has 0 bridgehead atoms. The lowest BCUT2D eigenvalue weighted by Crippen LogP contribution is -1.98. The van der Waals surface area contributed by atoms with Gasteiger partial charge < -0.3 is 4.74 Å². The number of rotatable bonds is 3. The van der Waals surface area contributed by atoms with Gasteiger partial charge in [-0.1, -0.05) is 6.07 Å². The summed E-state index contributed by atoms with van der Waals surface area (Å²) < 4.78 is 5.54. The van der Waals surface area contributed by atoms with Crippen molar-refractivity contribution in [3.63, 3.8) is 0 Å². The second kappa shape index (κ2) is 4.59. The Labute approximate surface area is 96.7 Å². The summed E-state index contributed by atoms with van der Waals surface area (Å²) in [7, 11) is 0. The lowest BCUT2D eigenvalue weighted by atomic mass is 10.4. The zero-order chi connectivity index (χ0) is 10.7. The Morgan fingerprint density at radius 3 is 3.13 bits per heavy atom. The first-order valence-electron chi connectivity index (χ1n) is 4.40. The summed E-state index contributed by atoms with van der Waals surface area (Å²) in [5.41, 5.74) is 0.885. The van der Waals surface area contributed by atoms with Gasteiger partial charge in [0.1, 0.15) is 6.61 Å². The molecular weight excluding hydrogens is 232 g/mol. The summed E-state index contributed by atoms with van der Waals surface area (Å²) >= 11 is 7.33. The van der Waals surface area contributed by atoms with E-state index in [-0.39, 0.29) is 5.28 Å². The van der Waals surface area contributed by atoms with Crippen LogP contribution in [0, 0.1) is 6.92 Å². The number of thiophene rings is 1. The molecule has 2 rings (SSSR count). The molecule has 0 saturated heterocycles. The number of halogens is 1. The lowest BCUT2D eigenvalue weighted by Gasteiger charge is -2.05. The molecule has 0 amide bonds. The minimum atomic E-state index is 0.210. The third-order valence-corrected chi connectivity index (χ3v) is 2.86. The van der Waals surface area contributed by atoms with Crippen molar-refractivity contribution in [1.82, 2.24) is 9.97 Å². The van der Waals surface area contributed by atoms with E-state index < -0.39 is 0 Å². The Hall–Kier alpha value is -1.13. The van der Waals surface area contributed by atoms with Crippen LogP contribution in [-0.2, 0) is 6.61 Å². The molecule has 2 aromatic rings. The molecule has 2 aromatic heterocycles. The molecule has 0 aromatic carbocycles. The van der Waals surface area contributed by atoms with Crippen molar-refractivity contribution in [3.8, 4) is 5.88 Å². The molecule has 0 spiro atoms. The second-order valence-corrected chi connectivity index (χ2v) is 4.37. The quantitative estimate of drug-likeness (QED) is 0.774. The van der Waals surface area contributed by atoms with Crippen molar-refractivity contribution in [1.29, 1.82) is 0 Å². The summed E-state index contributed by atoms with van der Waals surface area (Å²) in [6.07, 6.45) is 1.65. The van der Waals surface area contributed by atoms with Gasteiger partial charge in [-0.15, -0.1) is 11.3 Å². The SMILES string of the molecule is Cc1cnc(Cl)nc1OCc1cccs1. The molecule has 0 aliphatic rings. The molecule has 0 saturated carbocycles. The predicted molar refractivity (Wildman–Crippen MR) is 60.4 cm³/mol. The molecule has 3 nitrogen and oxygen atoms in total. The molecule has 15 heavy (non-hydrogen) atoms. The van der Waals surface area contributed by atoms with E-state index in [0.717, 1.165) is 10.4 Å². The van der Waals surface area contributed by atoms with Crippen LogP contribution >= 0.6 is 22.9 Å². The highest BCUT2D eigenvalue weighted by atomic mass is 35.5. The Bertz CT molecular complexity index is 445. The number of hydrogen-bond donors (Lipinski definition) is 0. The summed E-state index contributed by atoms with van der Waals surface area (Å²) in [5, 5.41) is 2.22. The number of aryl methyl sites for hydroxylation is 1. The van der Waals surface area contributed by atoms with Crippen molar-refractivity contribution in [2.24, 2.45) is 0 Å². The third kappa shape index (κ3) is 2.67. The second-order valence-electron chi connectivity index (χ2n) is 3.00. The van der Waals surface area contributed by atoms with Crippen LogP contribution in [0.2, 0.25) is 5.28 Å². The van der Waals surface area contributed by atoms with Gasteiger partial charge in [-0.2, -0.15) is 4.98 Å². The van der Waals surface area contributed by atoms with Gasteiger partial charge in [0.15, 0.2) is 0 Å². The molecule has 78 valence electrons. The van der Waals surface area contributed by atoms with Gasteiger partial charge in [-0.25, -0.2) is 4.98 Å². The zero-order valence-corrected chi connectivity index (χ0v) is 9.68. The van der Waals surface area contributed by atoms with Crippen molar-refractivity contribution in [2.75, 3.05) is 0 Å². The van der Waals surface area contributed by atoms with Crippen molar-refractivity contribution < 1.29 is 4.74 Å². The first kappa shape index (κ1) is 10.4. The Morgan fingerprint density at radius 2 is 2.40 bits per heavy atom. The molecule has 0 aliphatic heterocycles. The van der Waals surface area contributed by atoms with E-state index in [1.807, 2.05) is 24.4 Å². The van der Waals surface area contributed by atoms with Gasteiger partial charge in [0.05, 0.1) is 0 Å². The van der Waals surface area contributed by atoms with Crippen LogP contribution in [0.5, 0.6) is 5.88 Å². The minimum Gasteiger partial charge on any atom is -0.472 e. The fraction of sp³-hybridized carbons (Fsp3) is 0.200.